The van der Waals surface area contributed by atoms with Gasteiger partial charge in [-0.2, -0.15) is 5.10 Å². The van der Waals surface area contributed by atoms with Crippen LogP contribution in [0.1, 0.15) is 37.6 Å². The van der Waals surface area contributed by atoms with Crippen LogP contribution in [0.15, 0.2) is 0 Å². The van der Waals surface area contributed by atoms with Gasteiger partial charge < -0.3 is 16.0 Å². The van der Waals surface area contributed by atoms with Gasteiger partial charge in [0.05, 0.1) is 11.3 Å². The highest BCUT2D eigenvalue weighted by Crippen LogP contribution is 2.21. The van der Waals surface area contributed by atoms with Gasteiger partial charge in [-0.3, -0.25) is 0 Å². The zero-order valence-corrected chi connectivity index (χ0v) is 13.8. The lowest BCUT2D eigenvalue weighted by Gasteiger charge is -2.22. The van der Waals surface area contributed by atoms with Crippen LogP contribution in [0.5, 0.6) is 0 Å². The first-order valence-electron chi connectivity index (χ1n) is 7.00. The Morgan fingerprint density at radius 3 is 2.40 bits per heavy atom. The van der Waals surface area contributed by atoms with E-state index in [2.05, 4.69) is 41.2 Å². The van der Waals surface area contributed by atoms with Crippen molar-refractivity contribution in [2.24, 2.45) is 5.73 Å². The molecule has 0 fully saturated rings. The minimum atomic E-state index is 0.381. The lowest BCUT2D eigenvalue weighted by molar-refractivity contribution is 0.326. The molecule has 0 amide bonds. The third kappa shape index (κ3) is 3.86. The number of aryl methyl sites for hydroxylation is 1. The topological polar surface area (TPSA) is 67.1 Å². The first-order chi connectivity index (χ1) is 9.42. The summed E-state index contributed by atoms with van der Waals surface area (Å²) in [7, 11) is 4.09. The van der Waals surface area contributed by atoms with Gasteiger partial charge in [0.2, 0.25) is 0 Å². The summed E-state index contributed by atoms with van der Waals surface area (Å²) in [6, 6.07) is 0.381. The number of anilines is 1. The van der Waals surface area contributed by atoms with Crippen LogP contribution in [0.4, 0.5) is 5.82 Å². The number of nitrogens with zero attached hydrogens (tertiary/aromatic N) is 3. The number of aromatic nitrogens is 2. The predicted octanol–water partition coefficient (Wildman–Crippen LogP) is 1.60. The number of likely N-dealkylation sites (N-methyl/N-ethyl adjacent to an activating group) is 1. The monoisotopic (exact) mass is 295 g/mol. The van der Waals surface area contributed by atoms with E-state index in [4.69, 9.17) is 18.0 Å². The molecule has 3 N–H and O–H groups in total. The van der Waals surface area contributed by atoms with E-state index >= 15 is 0 Å². The van der Waals surface area contributed by atoms with Gasteiger partial charge in [0, 0.05) is 12.6 Å². The van der Waals surface area contributed by atoms with Gasteiger partial charge in [-0.15, -0.1) is 5.10 Å². The zero-order chi connectivity index (χ0) is 15.3. The number of hydrogen-bond acceptors (Lipinski definition) is 5. The van der Waals surface area contributed by atoms with Gasteiger partial charge in [0.1, 0.15) is 4.99 Å². The molecule has 1 atom stereocenters. The quantitative estimate of drug-likeness (QED) is 0.745. The van der Waals surface area contributed by atoms with Crippen molar-refractivity contribution in [3.8, 4) is 0 Å². The number of hydrogen-bond donors (Lipinski definition) is 2. The number of rotatable bonds is 7. The van der Waals surface area contributed by atoms with Gasteiger partial charge in [-0.05, 0) is 39.4 Å². The van der Waals surface area contributed by atoms with Gasteiger partial charge in [-0.1, -0.05) is 26.1 Å². The van der Waals surface area contributed by atoms with Crippen LogP contribution in [-0.4, -0.2) is 46.8 Å². The van der Waals surface area contributed by atoms with Crippen LogP contribution in [0, 0.1) is 0 Å². The van der Waals surface area contributed by atoms with Crippen LogP contribution < -0.4 is 11.1 Å². The molecule has 20 heavy (non-hydrogen) atoms. The number of nitrogens with one attached hydrogen (secondary N) is 1. The smallest absolute Gasteiger partial charge is 0.159 e. The van der Waals surface area contributed by atoms with E-state index < -0.39 is 0 Å². The summed E-state index contributed by atoms with van der Waals surface area (Å²) < 4.78 is 0. The van der Waals surface area contributed by atoms with Crippen molar-refractivity contribution in [1.29, 1.82) is 0 Å². The molecule has 0 spiro atoms. The second-order valence-corrected chi connectivity index (χ2v) is 5.55. The average molecular weight is 295 g/mol. The van der Waals surface area contributed by atoms with Crippen LogP contribution in [0.2, 0.25) is 0 Å². The molecule has 0 aliphatic carbocycles. The van der Waals surface area contributed by atoms with Gasteiger partial charge in [0.25, 0.3) is 0 Å². The highest BCUT2D eigenvalue weighted by Gasteiger charge is 2.17. The first-order valence-corrected chi connectivity index (χ1v) is 7.41. The molecular formula is C14H25N5S. The molecule has 5 nitrogen and oxygen atoms in total. The summed E-state index contributed by atoms with van der Waals surface area (Å²) in [6.07, 6.45) is 1.68. The maximum atomic E-state index is 5.89. The molecule has 0 aliphatic heterocycles. The largest absolute Gasteiger partial charge is 0.389 e. The van der Waals surface area contributed by atoms with Crippen LogP contribution in [0.25, 0.3) is 0 Å². The first kappa shape index (κ1) is 16.8. The molecule has 0 bridgehead atoms. The molecular weight excluding hydrogens is 270 g/mol. The highest BCUT2D eigenvalue weighted by atomic mass is 32.1. The third-order valence-corrected chi connectivity index (χ3v) is 3.74. The van der Waals surface area contributed by atoms with Crippen molar-refractivity contribution >= 4 is 23.0 Å². The third-order valence-electron chi connectivity index (χ3n) is 3.54. The van der Waals surface area contributed by atoms with Crippen LogP contribution in [-0.2, 0) is 12.8 Å². The van der Waals surface area contributed by atoms with E-state index in [1.165, 1.54) is 0 Å². The lowest BCUT2D eigenvalue weighted by atomic mass is 10.0. The Hall–Kier alpha value is -1.27. The van der Waals surface area contributed by atoms with E-state index in [0.29, 0.717) is 16.8 Å². The van der Waals surface area contributed by atoms with Crippen LogP contribution in [0.3, 0.4) is 0 Å². The zero-order valence-electron chi connectivity index (χ0n) is 13.0. The Kier molecular flexibility index (Phi) is 6.29. The van der Waals surface area contributed by atoms with Gasteiger partial charge >= 0.3 is 0 Å². The fourth-order valence-corrected chi connectivity index (χ4v) is 2.21. The Morgan fingerprint density at radius 1 is 1.30 bits per heavy atom. The molecule has 0 saturated heterocycles. The molecule has 1 aromatic rings. The fourth-order valence-electron chi connectivity index (χ4n) is 1.99. The van der Waals surface area contributed by atoms with E-state index in [0.717, 1.165) is 36.2 Å². The Bertz CT molecular complexity index is 473. The van der Waals surface area contributed by atoms with Crippen molar-refractivity contribution in [3.63, 3.8) is 0 Å². The second kappa shape index (κ2) is 7.50. The van der Waals surface area contributed by atoms with Crippen molar-refractivity contribution in [2.45, 2.75) is 39.7 Å². The highest BCUT2D eigenvalue weighted by molar-refractivity contribution is 7.80. The molecule has 1 heterocycles. The molecule has 0 radical (unpaired) electrons. The molecule has 112 valence electrons. The van der Waals surface area contributed by atoms with Crippen LogP contribution >= 0.6 is 12.2 Å². The summed E-state index contributed by atoms with van der Waals surface area (Å²) in [5, 5.41) is 11.9. The molecule has 6 heteroatoms. The maximum absolute atomic E-state index is 5.89. The molecule has 0 aliphatic rings. The van der Waals surface area contributed by atoms with E-state index in [1.54, 1.807) is 0 Å². The van der Waals surface area contributed by atoms with Crippen molar-refractivity contribution < 1.29 is 0 Å². The second-order valence-electron chi connectivity index (χ2n) is 5.11. The maximum Gasteiger partial charge on any atom is 0.159 e. The van der Waals surface area contributed by atoms with Crippen molar-refractivity contribution in [1.82, 2.24) is 15.1 Å². The Labute approximate surface area is 126 Å². The minimum Gasteiger partial charge on any atom is -0.389 e. The lowest BCUT2D eigenvalue weighted by Crippen LogP contribution is -2.32. The molecule has 1 unspecified atom stereocenters. The fraction of sp³-hybridized carbons (Fsp3) is 0.643. The standard InChI is InChI=1S/C14H25N5S/c1-6-10-11(7-2)17-18-14(12(10)13(15)20)16-8-9(3)19(4)5/h9H,6-8H2,1-5H3,(H2,15,20)(H,16,18). The van der Waals surface area contributed by atoms with Crippen molar-refractivity contribution in [3.05, 3.63) is 16.8 Å². The normalized spacial score (nSPS) is 12.5. The number of thiocarbonyl (C=S) groups is 1. The summed E-state index contributed by atoms with van der Waals surface area (Å²) in [4.78, 5) is 2.52. The summed E-state index contributed by atoms with van der Waals surface area (Å²) >= 11 is 5.20. The predicted molar refractivity (Wildman–Crippen MR) is 88.3 cm³/mol. The molecule has 0 aromatic carbocycles. The number of nitrogens with two attached hydrogens (primary N) is 1. The van der Waals surface area contributed by atoms with Crippen molar-refractivity contribution in [2.75, 3.05) is 26.0 Å². The van der Waals surface area contributed by atoms with Gasteiger partial charge in [-0.25, -0.2) is 0 Å². The molecule has 0 saturated carbocycles. The summed E-state index contributed by atoms with van der Waals surface area (Å²) in [5.74, 6) is 0.695. The van der Waals surface area contributed by atoms with Gasteiger partial charge in [0.15, 0.2) is 5.82 Å². The molecule has 1 rings (SSSR count). The summed E-state index contributed by atoms with van der Waals surface area (Å²) in [5.41, 5.74) is 8.82. The van der Waals surface area contributed by atoms with E-state index in [9.17, 15) is 0 Å². The minimum absolute atomic E-state index is 0.381. The Balaban J connectivity index is 3.10. The SMILES string of the molecule is CCc1nnc(NCC(C)N(C)C)c(C(N)=S)c1CC. The molecule has 1 aromatic heterocycles. The van der Waals surface area contributed by atoms with E-state index in [-0.39, 0.29) is 0 Å². The van der Waals surface area contributed by atoms with E-state index in [1.807, 2.05) is 14.1 Å². The average Bonchev–Trinajstić information content (AvgIpc) is 2.42. The summed E-state index contributed by atoms with van der Waals surface area (Å²) in [6.45, 7) is 7.06. The Morgan fingerprint density at radius 2 is 1.95 bits per heavy atom.